The molecule has 0 unspecified atom stereocenters. The number of carbonyl (C=O) groups is 1. The van der Waals surface area contributed by atoms with E-state index < -0.39 is 0 Å². The second-order valence-electron chi connectivity index (χ2n) is 6.98. The van der Waals surface area contributed by atoms with E-state index in [0.717, 1.165) is 24.2 Å². The van der Waals surface area contributed by atoms with Crippen LogP contribution in [-0.2, 0) is 10.2 Å². The minimum Gasteiger partial charge on any atom is -0.308 e. The Morgan fingerprint density at radius 2 is 1.86 bits per heavy atom. The molecule has 1 saturated carbocycles. The molecule has 1 aromatic rings. The summed E-state index contributed by atoms with van der Waals surface area (Å²) in [5.41, 5.74) is 2.98. The molecule has 1 aliphatic carbocycles. The highest BCUT2D eigenvalue weighted by Crippen LogP contribution is 2.29. The Kier molecular flexibility index (Phi) is 3.44. The smallest absolute Gasteiger partial charge is 0.275 e. The third kappa shape index (κ3) is 2.92. The Bertz CT molecular complexity index is 614. The van der Waals surface area contributed by atoms with Gasteiger partial charge < -0.3 is 5.32 Å². The van der Waals surface area contributed by atoms with Gasteiger partial charge in [0.25, 0.3) is 5.91 Å². The number of amidine groups is 1. The van der Waals surface area contributed by atoms with Gasteiger partial charge in [-0.3, -0.25) is 4.79 Å². The quantitative estimate of drug-likeness (QED) is 0.826. The average molecular weight is 282 g/mol. The molecule has 21 heavy (non-hydrogen) atoms. The highest BCUT2D eigenvalue weighted by Gasteiger charge is 2.30. The Morgan fingerprint density at radius 3 is 2.38 bits per heavy atom. The number of benzene rings is 1. The standard InChI is InChI=1S/C18H22N2O/c1-18(2,3)14-9-7-12(8-10-14)11-15-17(21)20-16(19-15)13-5-4-6-13/h7-11,13H,4-6H2,1-3H3,(H,19,20,21)/b15-11+. The maximum Gasteiger partial charge on any atom is 0.275 e. The minimum absolute atomic E-state index is 0.0724. The molecule has 1 fully saturated rings. The van der Waals surface area contributed by atoms with E-state index in [2.05, 4.69) is 55.3 Å². The van der Waals surface area contributed by atoms with Crippen LogP contribution in [0.25, 0.3) is 6.08 Å². The summed E-state index contributed by atoms with van der Waals surface area (Å²) in [6.07, 6.45) is 5.40. The van der Waals surface area contributed by atoms with Gasteiger partial charge in [-0.05, 0) is 35.5 Å². The van der Waals surface area contributed by atoms with Crippen molar-refractivity contribution in [1.82, 2.24) is 5.32 Å². The predicted molar refractivity (Wildman–Crippen MR) is 86.0 cm³/mol. The Balaban J connectivity index is 1.81. The van der Waals surface area contributed by atoms with Crippen molar-refractivity contribution in [2.75, 3.05) is 0 Å². The summed E-state index contributed by atoms with van der Waals surface area (Å²) in [7, 11) is 0. The van der Waals surface area contributed by atoms with E-state index in [1.54, 1.807) is 0 Å². The van der Waals surface area contributed by atoms with Crippen LogP contribution in [0.4, 0.5) is 0 Å². The molecule has 0 aromatic heterocycles. The first-order valence-corrected chi connectivity index (χ1v) is 7.66. The number of rotatable bonds is 2. The summed E-state index contributed by atoms with van der Waals surface area (Å²) in [4.78, 5) is 16.4. The summed E-state index contributed by atoms with van der Waals surface area (Å²) < 4.78 is 0. The van der Waals surface area contributed by atoms with Gasteiger partial charge in [0.2, 0.25) is 0 Å². The van der Waals surface area contributed by atoms with Crippen LogP contribution in [0.15, 0.2) is 35.0 Å². The molecule has 0 spiro atoms. The van der Waals surface area contributed by atoms with Gasteiger partial charge in [0.15, 0.2) is 0 Å². The Morgan fingerprint density at radius 1 is 1.19 bits per heavy atom. The van der Waals surface area contributed by atoms with Crippen LogP contribution in [-0.4, -0.2) is 11.7 Å². The van der Waals surface area contributed by atoms with Gasteiger partial charge in [0.05, 0.1) is 0 Å². The first-order valence-electron chi connectivity index (χ1n) is 7.66. The zero-order valence-corrected chi connectivity index (χ0v) is 12.9. The van der Waals surface area contributed by atoms with Crippen molar-refractivity contribution in [3.8, 4) is 0 Å². The zero-order chi connectivity index (χ0) is 15.0. The summed E-state index contributed by atoms with van der Waals surface area (Å²) >= 11 is 0. The van der Waals surface area contributed by atoms with E-state index in [4.69, 9.17) is 0 Å². The number of aliphatic imine (C=N–C) groups is 1. The van der Waals surface area contributed by atoms with Crippen LogP contribution in [0.1, 0.15) is 51.2 Å². The largest absolute Gasteiger partial charge is 0.308 e. The van der Waals surface area contributed by atoms with Crippen molar-refractivity contribution in [2.45, 2.75) is 45.4 Å². The third-order valence-corrected chi connectivity index (χ3v) is 4.29. The van der Waals surface area contributed by atoms with Crippen molar-refractivity contribution in [3.63, 3.8) is 0 Å². The molecule has 0 saturated heterocycles. The van der Waals surface area contributed by atoms with Gasteiger partial charge in [0, 0.05) is 5.92 Å². The van der Waals surface area contributed by atoms with E-state index in [-0.39, 0.29) is 11.3 Å². The van der Waals surface area contributed by atoms with Crippen LogP contribution >= 0.6 is 0 Å². The lowest BCUT2D eigenvalue weighted by atomic mass is 9.84. The molecule has 1 N–H and O–H groups in total. The normalized spacial score (nSPS) is 21.2. The first-order chi connectivity index (χ1) is 9.93. The summed E-state index contributed by atoms with van der Waals surface area (Å²) in [5, 5.41) is 2.90. The third-order valence-electron chi connectivity index (χ3n) is 4.29. The van der Waals surface area contributed by atoms with Gasteiger partial charge in [-0.1, -0.05) is 51.5 Å². The van der Waals surface area contributed by atoms with Crippen LogP contribution in [0.5, 0.6) is 0 Å². The van der Waals surface area contributed by atoms with Crippen molar-refractivity contribution in [1.29, 1.82) is 0 Å². The molecule has 1 heterocycles. The number of carbonyl (C=O) groups excluding carboxylic acids is 1. The molecular weight excluding hydrogens is 260 g/mol. The van der Waals surface area contributed by atoms with Crippen LogP contribution in [0, 0.1) is 5.92 Å². The maximum absolute atomic E-state index is 12.0. The fraction of sp³-hybridized carbons (Fsp3) is 0.444. The van der Waals surface area contributed by atoms with Gasteiger partial charge in [-0.25, -0.2) is 4.99 Å². The highest BCUT2D eigenvalue weighted by molar-refractivity contribution is 6.15. The number of nitrogens with one attached hydrogen (secondary N) is 1. The fourth-order valence-corrected chi connectivity index (χ4v) is 2.60. The molecule has 0 bridgehead atoms. The van der Waals surface area contributed by atoms with Gasteiger partial charge in [0.1, 0.15) is 11.5 Å². The number of hydrogen-bond donors (Lipinski definition) is 1. The molecular formula is C18H22N2O. The molecule has 3 heteroatoms. The molecule has 1 amide bonds. The van der Waals surface area contributed by atoms with Crippen LogP contribution in [0.3, 0.4) is 0 Å². The highest BCUT2D eigenvalue weighted by atomic mass is 16.2. The SMILES string of the molecule is CC(C)(C)c1ccc(/C=C2/N=C(C3CCC3)NC2=O)cc1. The second kappa shape index (κ2) is 5.14. The van der Waals surface area contributed by atoms with Crippen LogP contribution in [0.2, 0.25) is 0 Å². The Hall–Kier alpha value is -1.90. The fourth-order valence-electron chi connectivity index (χ4n) is 2.60. The number of amides is 1. The molecule has 1 aliphatic heterocycles. The minimum atomic E-state index is -0.0724. The van der Waals surface area contributed by atoms with E-state index in [0.29, 0.717) is 11.6 Å². The van der Waals surface area contributed by atoms with E-state index in [9.17, 15) is 4.79 Å². The lowest BCUT2D eigenvalue weighted by Crippen LogP contribution is -2.33. The second-order valence-corrected chi connectivity index (χ2v) is 6.98. The van der Waals surface area contributed by atoms with Crippen LogP contribution < -0.4 is 5.32 Å². The number of hydrogen-bond acceptors (Lipinski definition) is 2. The molecule has 3 nitrogen and oxygen atoms in total. The van der Waals surface area contributed by atoms with Gasteiger partial charge in [-0.2, -0.15) is 0 Å². The average Bonchev–Trinajstić information content (AvgIpc) is 2.68. The zero-order valence-electron chi connectivity index (χ0n) is 12.9. The van der Waals surface area contributed by atoms with E-state index >= 15 is 0 Å². The van der Waals surface area contributed by atoms with Crippen molar-refractivity contribution < 1.29 is 4.79 Å². The molecule has 0 atom stereocenters. The summed E-state index contributed by atoms with van der Waals surface area (Å²) in [5.74, 6) is 1.25. The van der Waals surface area contributed by atoms with Crippen molar-refractivity contribution in [2.24, 2.45) is 10.9 Å². The molecule has 3 rings (SSSR count). The topological polar surface area (TPSA) is 41.5 Å². The molecule has 0 radical (unpaired) electrons. The first kappa shape index (κ1) is 14.1. The van der Waals surface area contributed by atoms with E-state index in [1.807, 2.05) is 6.08 Å². The lowest BCUT2D eigenvalue weighted by Gasteiger charge is -2.24. The number of nitrogens with zero attached hydrogens (tertiary/aromatic N) is 1. The molecule has 110 valence electrons. The molecule has 2 aliphatic rings. The molecule has 1 aromatic carbocycles. The van der Waals surface area contributed by atoms with Gasteiger partial charge in [-0.15, -0.1) is 0 Å². The monoisotopic (exact) mass is 282 g/mol. The Labute approximate surface area is 126 Å². The van der Waals surface area contributed by atoms with Crippen molar-refractivity contribution >= 4 is 17.8 Å². The summed E-state index contributed by atoms with van der Waals surface area (Å²) in [6.45, 7) is 6.58. The predicted octanol–water partition coefficient (Wildman–Crippen LogP) is 3.65. The van der Waals surface area contributed by atoms with Gasteiger partial charge >= 0.3 is 0 Å². The van der Waals surface area contributed by atoms with Crippen molar-refractivity contribution in [3.05, 3.63) is 41.1 Å². The lowest BCUT2D eigenvalue weighted by molar-refractivity contribution is -0.115. The maximum atomic E-state index is 12.0. The van der Waals surface area contributed by atoms with E-state index in [1.165, 1.54) is 12.0 Å². The summed E-state index contributed by atoms with van der Waals surface area (Å²) in [6, 6.07) is 8.35.